The Kier molecular flexibility index (Phi) is 5.15. The molecule has 3 aromatic heterocycles. The van der Waals surface area contributed by atoms with Crippen molar-refractivity contribution in [1.82, 2.24) is 14.6 Å². The quantitative estimate of drug-likeness (QED) is 0.530. The van der Waals surface area contributed by atoms with Crippen LogP contribution in [0.3, 0.4) is 0 Å². The van der Waals surface area contributed by atoms with Gasteiger partial charge in [-0.1, -0.05) is 18.5 Å². The van der Waals surface area contributed by atoms with Gasteiger partial charge in [0.25, 0.3) is 11.8 Å². The summed E-state index contributed by atoms with van der Waals surface area (Å²) in [5, 5.41) is 15.0. The summed E-state index contributed by atoms with van der Waals surface area (Å²) >= 11 is 6.03. The van der Waals surface area contributed by atoms with Crippen LogP contribution in [0.4, 0.5) is 0 Å². The zero-order valence-corrected chi connectivity index (χ0v) is 16.7. The maximum atomic E-state index is 13.1. The SMILES string of the molecule is CC1CC(NC(=O)c2ccc[n+]([O-])c2)CN(C(=O)c2cc3ccc(Cl)cn3c2)C1. The molecule has 0 radical (unpaired) electrons. The fraction of sp³-hybridized carbons (Fsp3) is 0.286. The van der Waals surface area contributed by atoms with Crippen LogP contribution in [0.15, 0.2) is 55.1 Å². The van der Waals surface area contributed by atoms with Crippen LogP contribution in [0.5, 0.6) is 0 Å². The molecule has 1 fully saturated rings. The second-order valence-corrected chi connectivity index (χ2v) is 8.02. The van der Waals surface area contributed by atoms with Crippen molar-refractivity contribution >= 4 is 28.9 Å². The zero-order chi connectivity index (χ0) is 20.5. The number of amides is 2. The molecule has 2 atom stereocenters. The number of halogens is 1. The average molecular weight is 413 g/mol. The largest absolute Gasteiger partial charge is 0.619 e. The number of hydrogen-bond donors (Lipinski definition) is 1. The van der Waals surface area contributed by atoms with Crippen molar-refractivity contribution < 1.29 is 14.3 Å². The van der Waals surface area contributed by atoms with Gasteiger partial charge in [-0.25, -0.2) is 0 Å². The summed E-state index contributed by atoms with van der Waals surface area (Å²) in [6.07, 6.45) is 6.87. The minimum absolute atomic E-state index is 0.0762. The molecule has 29 heavy (non-hydrogen) atoms. The van der Waals surface area contributed by atoms with E-state index in [4.69, 9.17) is 11.6 Å². The lowest BCUT2D eigenvalue weighted by molar-refractivity contribution is -0.605. The van der Waals surface area contributed by atoms with Gasteiger partial charge in [-0.3, -0.25) is 9.59 Å². The van der Waals surface area contributed by atoms with Gasteiger partial charge in [-0.05, 0) is 36.6 Å². The number of carbonyl (C=O) groups excluding carboxylic acids is 2. The smallest absolute Gasteiger partial charge is 0.257 e. The normalized spacial score (nSPS) is 19.3. The molecule has 1 aliphatic rings. The molecule has 1 N–H and O–H groups in total. The predicted molar refractivity (Wildman–Crippen MR) is 109 cm³/mol. The summed E-state index contributed by atoms with van der Waals surface area (Å²) in [5.74, 6) is -0.150. The highest BCUT2D eigenvalue weighted by Crippen LogP contribution is 2.21. The fourth-order valence-corrected chi connectivity index (χ4v) is 4.03. The molecule has 0 bridgehead atoms. The lowest BCUT2D eigenvalue weighted by Crippen LogP contribution is -2.52. The van der Waals surface area contributed by atoms with Gasteiger partial charge in [-0.15, -0.1) is 0 Å². The molecule has 2 amide bonds. The van der Waals surface area contributed by atoms with E-state index in [0.717, 1.165) is 11.9 Å². The first kappa shape index (κ1) is 19.3. The molecule has 0 spiro atoms. The van der Waals surface area contributed by atoms with E-state index in [1.54, 1.807) is 29.4 Å². The van der Waals surface area contributed by atoms with Gasteiger partial charge < -0.3 is 19.8 Å². The third-order valence-corrected chi connectivity index (χ3v) is 5.35. The third kappa shape index (κ3) is 4.19. The first-order chi connectivity index (χ1) is 13.9. The Bertz CT molecular complexity index is 1080. The van der Waals surface area contributed by atoms with E-state index in [1.165, 1.54) is 18.5 Å². The molecule has 8 heteroatoms. The van der Waals surface area contributed by atoms with Crippen molar-refractivity contribution in [2.75, 3.05) is 13.1 Å². The predicted octanol–water partition coefficient (Wildman–Crippen LogP) is 2.51. The molecule has 0 aliphatic carbocycles. The second-order valence-electron chi connectivity index (χ2n) is 7.58. The number of hydrogen-bond acceptors (Lipinski definition) is 3. The molecule has 7 nitrogen and oxygen atoms in total. The van der Waals surface area contributed by atoms with Gasteiger partial charge in [0.15, 0.2) is 12.4 Å². The van der Waals surface area contributed by atoms with Crippen LogP contribution >= 0.6 is 11.6 Å². The summed E-state index contributed by atoms with van der Waals surface area (Å²) in [7, 11) is 0. The Morgan fingerprint density at radius 2 is 2.03 bits per heavy atom. The fourth-order valence-electron chi connectivity index (χ4n) is 3.86. The third-order valence-electron chi connectivity index (χ3n) is 5.12. The van der Waals surface area contributed by atoms with Crippen molar-refractivity contribution in [3.63, 3.8) is 0 Å². The van der Waals surface area contributed by atoms with E-state index in [-0.39, 0.29) is 23.8 Å². The van der Waals surface area contributed by atoms with Gasteiger partial charge >= 0.3 is 0 Å². The van der Waals surface area contributed by atoms with Crippen LogP contribution < -0.4 is 10.0 Å². The number of nitrogens with zero attached hydrogens (tertiary/aromatic N) is 3. The van der Waals surface area contributed by atoms with Gasteiger partial charge in [0.1, 0.15) is 5.56 Å². The average Bonchev–Trinajstić information content (AvgIpc) is 3.10. The van der Waals surface area contributed by atoms with Gasteiger partial charge in [0, 0.05) is 43.1 Å². The molecule has 3 aromatic rings. The monoisotopic (exact) mass is 412 g/mol. The highest BCUT2D eigenvalue weighted by atomic mass is 35.5. The summed E-state index contributed by atoms with van der Waals surface area (Å²) in [4.78, 5) is 27.3. The van der Waals surface area contributed by atoms with Crippen molar-refractivity contribution in [3.8, 4) is 0 Å². The van der Waals surface area contributed by atoms with Gasteiger partial charge in [-0.2, -0.15) is 4.73 Å². The van der Waals surface area contributed by atoms with E-state index in [1.807, 2.05) is 16.5 Å². The molecule has 0 saturated carbocycles. The van der Waals surface area contributed by atoms with Gasteiger partial charge in [0.2, 0.25) is 0 Å². The second kappa shape index (κ2) is 7.75. The lowest BCUT2D eigenvalue weighted by Gasteiger charge is -2.36. The maximum Gasteiger partial charge on any atom is 0.257 e. The van der Waals surface area contributed by atoms with Crippen LogP contribution in [-0.2, 0) is 0 Å². The Hall–Kier alpha value is -3.06. The molecule has 1 aliphatic heterocycles. The van der Waals surface area contributed by atoms with E-state index >= 15 is 0 Å². The Morgan fingerprint density at radius 1 is 1.21 bits per heavy atom. The zero-order valence-electron chi connectivity index (χ0n) is 15.9. The lowest BCUT2D eigenvalue weighted by atomic mass is 9.95. The number of fused-ring (bicyclic) bond motifs is 1. The van der Waals surface area contributed by atoms with Crippen molar-refractivity contribution in [2.45, 2.75) is 19.4 Å². The standard InChI is InChI=1S/C21H21ClN4O3/c1-14-7-18(23-20(27)15-3-2-6-26(29)11-15)13-25(9-14)21(28)16-8-19-5-4-17(22)12-24(19)10-16/h2-6,8,10-12,14,18H,7,9,13H2,1H3,(H,23,27). The molecule has 1 saturated heterocycles. The molecule has 4 heterocycles. The van der Waals surface area contributed by atoms with Crippen LogP contribution in [-0.4, -0.2) is 40.2 Å². The minimum atomic E-state index is -0.314. The van der Waals surface area contributed by atoms with Crippen LogP contribution in [0.25, 0.3) is 5.52 Å². The Balaban J connectivity index is 1.49. The Morgan fingerprint density at radius 3 is 2.83 bits per heavy atom. The van der Waals surface area contributed by atoms with E-state index in [9.17, 15) is 14.8 Å². The highest BCUT2D eigenvalue weighted by molar-refractivity contribution is 6.30. The first-order valence-electron chi connectivity index (χ1n) is 9.45. The number of pyridine rings is 2. The highest BCUT2D eigenvalue weighted by Gasteiger charge is 2.30. The number of carbonyl (C=O) groups is 2. The van der Waals surface area contributed by atoms with Crippen molar-refractivity contribution in [1.29, 1.82) is 0 Å². The number of piperidine rings is 1. The van der Waals surface area contributed by atoms with Crippen molar-refractivity contribution in [2.24, 2.45) is 5.92 Å². The van der Waals surface area contributed by atoms with E-state index < -0.39 is 0 Å². The number of likely N-dealkylation sites (tertiary alicyclic amines) is 1. The molecular formula is C21H21ClN4O3. The molecule has 4 rings (SSSR count). The van der Waals surface area contributed by atoms with Crippen LogP contribution in [0.1, 0.15) is 34.1 Å². The molecule has 2 unspecified atom stereocenters. The number of rotatable bonds is 3. The molecular weight excluding hydrogens is 392 g/mol. The topological polar surface area (TPSA) is 80.8 Å². The van der Waals surface area contributed by atoms with Crippen LogP contribution in [0.2, 0.25) is 5.02 Å². The summed E-state index contributed by atoms with van der Waals surface area (Å²) in [5.41, 5.74) is 1.78. The van der Waals surface area contributed by atoms with Crippen molar-refractivity contribution in [3.05, 3.63) is 76.5 Å². The number of aromatic nitrogens is 2. The summed E-state index contributed by atoms with van der Waals surface area (Å²) < 4.78 is 2.42. The first-order valence-corrected chi connectivity index (χ1v) is 9.83. The Labute approximate surface area is 173 Å². The van der Waals surface area contributed by atoms with E-state index in [0.29, 0.717) is 34.0 Å². The maximum absolute atomic E-state index is 13.1. The van der Waals surface area contributed by atoms with Gasteiger partial charge in [0.05, 0.1) is 10.6 Å². The summed E-state index contributed by atoms with van der Waals surface area (Å²) in [6.45, 7) is 3.11. The summed E-state index contributed by atoms with van der Waals surface area (Å²) in [6, 6.07) is 8.43. The number of nitrogens with one attached hydrogen (secondary N) is 1. The van der Waals surface area contributed by atoms with Crippen LogP contribution in [0, 0.1) is 11.1 Å². The minimum Gasteiger partial charge on any atom is -0.619 e. The van der Waals surface area contributed by atoms with E-state index in [2.05, 4.69) is 12.2 Å². The molecule has 0 aromatic carbocycles. The molecule has 150 valence electrons.